The molecule has 4 heteroatoms. The van der Waals surface area contributed by atoms with Crippen molar-refractivity contribution in [1.29, 1.82) is 0 Å². The highest BCUT2D eigenvalue weighted by Crippen LogP contribution is 2.32. The van der Waals surface area contributed by atoms with Gasteiger partial charge in [-0.15, -0.1) is 0 Å². The van der Waals surface area contributed by atoms with Gasteiger partial charge in [-0.2, -0.15) is 5.10 Å². The number of hydrogen-bond acceptors (Lipinski definition) is 3. The van der Waals surface area contributed by atoms with Gasteiger partial charge >= 0.3 is 0 Å². The molecule has 1 aliphatic rings. The van der Waals surface area contributed by atoms with Gasteiger partial charge in [-0.1, -0.05) is 18.2 Å². The summed E-state index contributed by atoms with van der Waals surface area (Å²) >= 11 is 0. The van der Waals surface area contributed by atoms with Crippen LogP contribution in [0.25, 0.3) is 22.2 Å². The van der Waals surface area contributed by atoms with Crippen LogP contribution in [0.15, 0.2) is 41.0 Å². The summed E-state index contributed by atoms with van der Waals surface area (Å²) in [6, 6.07) is 10.7. The fraction of sp³-hybridized carbons (Fsp3) is 0.312. The maximum Gasteiger partial charge on any atom is 0.134 e. The Labute approximate surface area is 117 Å². The third-order valence-corrected chi connectivity index (χ3v) is 4.09. The number of rotatable bonds is 2. The lowest BCUT2D eigenvalue weighted by atomic mass is 10.1. The molecule has 3 aromatic rings. The van der Waals surface area contributed by atoms with Crippen LogP contribution in [-0.2, 0) is 7.05 Å². The molecule has 1 aliphatic heterocycles. The van der Waals surface area contributed by atoms with E-state index in [1.54, 1.807) is 6.26 Å². The van der Waals surface area contributed by atoms with E-state index in [1.165, 1.54) is 18.5 Å². The van der Waals surface area contributed by atoms with Gasteiger partial charge in [0, 0.05) is 24.0 Å². The second-order valence-corrected chi connectivity index (χ2v) is 5.37. The highest BCUT2D eigenvalue weighted by atomic mass is 16.3. The Bertz CT molecular complexity index is 750. The number of aryl methyl sites for hydroxylation is 1. The Morgan fingerprint density at radius 2 is 2.25 bits per heavy atom. The highest BCUT2D eigenvalue weighted by molar-refractivity contribution is 5.92. The first kappa shape index (κ1) is 11.7. The van der Waals surface area contributed by atoms with Crippen molar-refractivity contribution in [1.82, 2.24) is 15.1 Å². The summed E-state index contributed by atoms with van der Waals surface area (Å²) in [6.07, 6.45) is 4.23. The van der Waals surface area contributed by atoms with Crippen LogP contribution in [0, 0.1) is 0 Å². The lowest BCUT2D eigenvalue weighted by molar-refractivity contribution is 0.574. The zero-order valence-electron chi connectivity index (χ0n) is 11.5. The fourth-order valence-electron chi connectivity index (χ4n) is 3.05. The number of furan rings is 1. The van der Waals surface area contributed by atoms with Gasteiger partial charge in [-0.3, -0.25) is 4.68 Å². The number of nitrogens with zero attached hydrogens (tertiary/aromatic N) is 2. The Hall–Kier alpha value is -2.07. The van der Waals surface area contributed by atoms with Crippen LogP contribution in [0.2, 0.25) is 0 Å². The summed E-state index contributed by atoms with van der Waals surface area (Å²) in [4.78, 5) is 0. The van der Waals surface area contributed by atoms with E-state index < -0.39 is 0 Å². The number of hydrogen-bond donors (Lipinski definition) is 1. The quantitative estimate of drug-likeness (QED) is 0.775. The molecule has 0 radical (unpaired) electrons. The van der Waals surface area contributed by atoms with E-state index >= 15 is 0 Å². The molecule has 20 heavy (non-hydrogen) atoms. The van der Waals surface area contributed by atoms with Crippen LogP contribution in [0.5, 0.6) is 0 Å². The summed E-state index contributed by atoms with van der Waals surface area (Å²) in [5, 5.41) is 9.31. The van der Waals surface area contributed by atoms with Crippen molar-refractivity contribution in [3.05, 3.63) is 42.3 Å². The minimum Gasteiger partial charge on any atom is -0.464 e. The maximum absolute atomic E-state index is 5.61. The highest BCUT2D eigenvalue weighted by Gasteiger charge is 2.21. The third kappa shape index (κ3) is 1.76. The van der Waals surface area contributed by atoms with E-state index in [1.807, 2.05) is 29.9 Å². The standard InChI is InChI=1S/C16H17N3O/c1-19-15(13-6-4-8-17-13)9-14(18-19)12-10-20-16-7-3-2-5-11(12)16/h2-3,5,7,9-10,13,17H,4,6,8H2,1H3. The third-order valence-electron chi connectivity index (χ3n) is 4.09. The molecule has 0 spiro atoms. The minimum atomic E-state index is 0.430. The average molecular weight is 267 g/mol. The predicted molar refractivity (Wildman–Crippen MR) is 78.4 cm³/mol. The number of para-hydroxylation sites is 1. The maximum atomic E-state index is 5.61. The average Bonchev–Trinajstić information content (AvgIpc) is 3.16. The second-order valence-electron chi connectivity index (χ2n) is 5.37. The van der Waals surface area contributed by atoms with E-state index in [4.69, 9.17) is 4.42 Å². The van der Waals surface area contributed by atoms with Crippen LogP contribution < -0.4 is 5.32 Å². The van der Waals surface area contributed by atoms with E-state index in [-0.39, 0.29) is 0 Å². The number of nitrogens with one attached hydrogen (secondary N) is 1. The SMILES string of the molecule is Cn1nc(-c2coc3ccccc23)cc1C1CCCN1. The fourth-order valence-corrected chi connectivity index (χ4v) is 3.05. The van der Waals surface area contributed by atoms with Crippen molar-refractivity contribution in [2.45, 2.75) is 18.9 Å². The summed E-state index contributed by atoms with van der Waals surface area (Å²) in [6.45, 7) is 1.10. The van der Waals surface area contributed by atoms with Gasteiger partial charge in [-0.25, -0.2) is 0 Å². The van der Waals surface area contributed by atoms with E-state index in [9.17, 15) is 0 Å². The lowest BCUT2D eigenvalue weighted by Gasteiger charge is -2.09. The normalized spacial score (nSPS) is 18.9. The predicted octanol–water partition coefficient (Wildman–Crippen LogP) is 3.26. The Morgan fingerprint density at radius 3 is 3.10 bits per heavy atom. The molecule has 4 nitrogen and oxygen atoms in total. The van der Waals surface area contributed by atoms with Crippen molar-refractivity contribution in [2.24, 2.45) is 7.05 Å². The summed E-state index contributed by atoms with van der Waals surface area (Å²) in [5.74, 6) is 0. The van der Waals surface area contributed by atoms with Gasteiger partial charge in [0.1, 0.15) is 11.8 Å². The molecule has 1 atom stereocenters. The first-order valence-corrected chi connectivity index (χ1v) is 7.07. The monoisotopic (exact) mass is 267 g/mol. The molecule has 1 N–H and O–H groups in total. The van der Waals surface area contributed by atoms with Crippen LogP contribution in [0.1, 0.15) is 24.6 Å². The van der Waals surface area contributed by atoms with Gasteiger partial charge < -0.3 is 9.73 Å². The van der Waals surface area contributed by atoms with Crippen molar-refractivity contribution in [3.63, 3.8) is 0 Å². The first-order valence-electron chi connectivity index (χ1n) is 7.07. The van der Waals surface area contributed by atoms with Gasteiger partial charge in [0.15, 0.2) is 0 Å². The second kappa shape index (κ2) is 4.49. The number of fused-ring (bicyclic) bond motifs is 1. The summed E-state index contributed by atoms with van der Waals surface area (Å²) in [7, 11) is 2.01. The molecule has 0 amide bonds. The molecule has 1 aromatic carbocycles. The molecule has 2 aromatic heterocycles. The minimum absolute atomic E-state index is 0.430. The van der Waals surface area contributed by atoms with E-state index in [2.05, 4.69) is 22.5 Å². The molecule has 0 bridgehead atoms. The largest absolute Gasteiger partial charge is 0.464 e. The molecular formula is C16H17N3O. The van der Waals surface area contributed by atoms with E-state index in [0.717, 1.165) is 28.8 Å². The van der Waals surface area contributed by atoms with Crippen LogP contribution in [0.3, 0.4) is 0 Å². The molecule has 0 saturated carbocycles. The van der Waals surface area contributed by atoms with Crippen molar-refractivity contribution >= 4 is 11.0 Å². The molecule has 0 aliphatic carbocycles. The van der Waals surface area contributed by atoms with Crippen LogP contribution >= 0.6 is 0 Å². The van der Waals surface area contributed by atoms with E-state index in [0.29, 0.717) is 6.04 Å². The van der Waals surface area contributed by atoms with Crippen molar-refractivity contribution < 1.29 is 4.42 Å². The zero-order chi connectivity index (χ0) is 13.5. The first-order chi connectivity index (χ1) is 9.83. The molecule has 4 rings (SSSR count). The van der Waals surface area contributed by atoms with Gasteiger partial charge in [-0.05, 0) is 31.5 Å². The lowest BCUT2D eigenvalue weighted by Crippen LogP contribution is -2.16. The van der Waals surface area contributed by atoms with Crippen LogP contribution in [-0.4, -0.2) is 16.3 Å². The Morgan fingerprint density at radius 1 is 1.35 bits per heavy atom. The smallest absolute Gasteiger partial charge is 0.134 e. The molecule has 3 heterocycles. The topological polar surface area (TPSA) is 43.0 Å². The van der Waals surface area contributed by atoms with Crippen LogP contribution in [0.4, 0.5) is 0 Å². The van der Waals surface area contributed by atoms with Gasteiger partial charge in [0.25, 0.3) is 0 Å². The Balaban J connectivity index is 1.80. The Kier molecular flexibility index (Phi) is 2.63. The van der Waals surface area contributed by atoms with Gasteiger partial charge in [0.2, 0.25) is 0 Å². The molecule has 1 saturated heterocycles. The molecule has 102 valence electrons. The summed E-state index contributed by atoms with van der Waals surface area (Å²) < 4.78 is 7.60. The molecular weight excluding hydrogens is 250 g/mol. The molecule has 1 fully saturated rings. The number of benzene rings is 1. The summed E-state index contributed by atoms with van der Waals surface area (Å²) in [5.41, 5.74) is 4.22. The van der Waals surface area contributed by atoms with Crippen molar-refractivity contribution in [2.75, 3.05) is 6.54 Å². The van der Waals surface area contributed by atoms with Crippen molar-refractivity contribution in [3.8, 4) is 11.3 Å². The zero-order valence-corrected chi connectivity index (χ0v) is 11.5. The number of aromatic nitrogens is 2. The van der Waals surface area contributed by atoms with Gasteiger partial charge in [0.05, 0.1) is 11.4 Å². The molecule has 1 unspecified atom stereocenters.